The first-order valence-corrected chi connectivity index (χ1v) is 10.8. The minimum atomic E-state index is -0.911. The first-order chi connectivity index (χ1) is 14.6. The molecule has 1 aliphatic rings. The molecular weight excluding hydrogens is 384 g/mol. The second kappa shape index (κ2) is 7.52. The average Bonchev–Trinajstić information content (AvgIpc) is 3.16. The first kappa shape index (κ1) is 21.1. The van der Waals surface area contributed by atoms with Crippen LogP contribution in [0.1, 0.15) is 78.7 Å². The quantitative estimate of drug-likeness (QED) is 0.503. The number of carboxylic acids is 1. The number of aromatic carboxylic acids is 1. The normalized spacial score (nSPS) is 16.9. The van der Waals surface area contributed by atoms with Gasteiger partial charge >= 0.3 is 5.97 Å². The zero-order chi connectivity index (χ0) is 22.4. The van der Waals surface area contributed by atoms with Gasteiger partial charge in [-0.2, -0.15) is 5.10 Å². The van der Waals surface area contributed by atoms with E-state index in [2.05, 4.69) is 64.1 Å². The van der Waals surface area contributed by atoms with Crippen molar-refractivity contribution in [3.8, 4) is 5.69 Å². The second-order valence-electron chi connectivity index (χ2n) is 9.95. The van der Waals surface area contributed by atoms with Crippen molar-refractivity contribution in [2.24, 2.45) is 0 Å². The standard InChI is InChI=1S/C27H30N2O2/c1-18-16-28-29(17-18)24-15-23-22(26(2,3)12-13-27(23,4)5)14-21(24)11-8-19-6-9-20(10-7-19)25(30)31/h6-11,14-17H,12-13H2,1-5H3,(H,30,31). The van der Waals surface area contributed by atoms with Crippen LogP contribution in [0.4, 0.5) is 0 Å². The molecule has 0 atom stereocenters. The van der Waals surface area contributed by atoms with E-state index in [1.165, 1.54) is 11.1 Å². The van der Waals surface area contributed by atoms with Crippen LogP contribution < -0.4 is 0 Å². The van der Waals surface area contributed by atoms with Crippen molar-refractivity contribution in [2.75, 3.05) is 0 Å². The van der Waals surface area contributed by atoms with Crippen LogP contribution in [-0.4, -0.2) is 20.9 Å². The molecule has 0 unspecified atom stereocenters. The fourth-order valence-corrected chi connectivity index (χ4v) is 4.42. The minimum Gasteiger partial charge on any atom is -0.478 e. The molecule has 0 saturated heterocycles. The number of aromatic nitrogens is 2. The van der Waals surface area contributed by atoms with Gasteiger partial charge in [0.1, 0.15) is 0 Å². The summed E-state index contributed by atoms with van der Waals surface area (Å²) >= 11 is 0. The Labute approximate surface area is 184 Å². The smallest absolute Gasteiger partial charge is 0.335 e. The fourth-order valence-electron chi connectivity index (χ4n) is 4.42. The number of rotatable bonds is 4. The highest BCUT2D eigenvalue weighted by Crippen LogP contribution is 2.47. The van der Waals surface area contributed by atoms with Gasteiger partial charge in [-0.3, -0.25) is 0 Å². The molecule has 160 valence electrons. The maximum absolute atomic E-state index is 11.1. The van der Waals surface area contributed by atoms with Gasteiger partial charge in [-0.1, -0.05) is 52.0 Å². The molecule has 31 heavy (non-hydrogen) atoms. The Morgan fingerprint density at radius 2 is 1.61 bits per heavy atom. The Morgan fingerprint density at radius 1 is 1.00 bits per heavy atom. The van der Waals surface area contributed by atoms with Gasteiger partial charge < -0.3 is 5.11 Å². The molecule has 0 aliphatic heterocycles. The molecule has 0 radical (unpaired) electrons. The van der Waals surface area contributed by atoms with Crippen LogP contribution in [0, 0.1) is 6.92 Å². The number of hydrogen-bond donors (Lipinski definition) is 1. The lowest BCUT2D eigenvalue weighted by molar-refractivity contribution is 0.0697. The molecule has 3 aromatic rings. The van der Waals surface area contributed by atoms with Crippen molar-refractivity contribution >= 4 is 18.1 Å². The highest BCUT2D eigenvalue weighted by molar-refractivity contribution is 5.88. The molecular formula is C27H30N2O2. The Kier molecular flexibility index (Phi) is 5.12. The highest BCUT2D eigenvalue weighted by Gasteiger charge is 2.37. The van der Waals surface area contributed by atoms with E-state index in [0.29, 0.717) is 5.56 Å². The summed E-state index contributed by atoms with van der Waals surface area (Å²) in [6.07, 6.45) is 10.4. The highest BCUT2D eigenvalue weighted by atomic mass is 16.4. The van der Waals surface area contributed by atoms with E-state index in [1.54, 1.807) is 12.1 Å². The van der Waals surface area contributed by atoms with Crippen LogP contribution in [0.2, 0.25) is 0 Å². The van der Waals surface area contributed by atoms with Gasteiger partial charge in [-0.15, -0.1) is 0 Å². The van der Waals surface area contributed by atoms with Crippen LogP contribution >= 0.6 is 0 Å². The SMILES string of the molecule is Cc1cnn(-c2cc3c(cc2C=Cc2ccc(C(=O)O)cc2)C(C)(C)CCC3(C)C)c1. The molecule has 0 spiro atoms. The maximum Gasteiger partial charge on any atom is 0.335 e. The molecule has 1 aliphatic carbocycles. The monoisotopic (exact) mass is 414 g/mol. The van der Waals surface area contributed by atoms with E-state index >= 15 is 0 Å². The van der Waals surface area contributed by atoms with Crippen molar-refractivity contribution in [1.29, 1.82) is 0 Å². The zero-order valence-corrected chi connectivity index (χ0v) is 18.9. The number of carboxylic acid groups (broad SMARTS) is 1. The topological polar surface area (TPSA) is 55.1 Å². The van der Waals surface area contributed by atoms with Gasteiger partial charge in [0, 0.05) is 11.8 Å². The lowest BCUT2D eigenvalue weighted by atomic mass is 9.63. The van der Waals surface area contributed by atoms with Crippen LogP contribution in [-0.2, 0) is 10.8 Å². The Morgan fingerprint density at radius 3 is 2.16 bits per heavy atom. The number of carbonyl (C=O) groups is 1. The van der Waals surface area contributed by atoms with E-state index in [0.717, 1.165) is 35.2 Å². The molecule has 2 aromatic carbocycles. The molecule has 1 aromatic heterocycles. The Bertz CT molecular complexity index is 1160. The fraction of sp³-hybridized carbons (Fsp3) is 0.333. The van der Waals surface area contributed by atoms with Gasteiger partial charge in [0.15, 0.2) is 0 Å². The number of hydrogen-bond acceptors (Lipinski definition) is 2. The maximum atomic E-state index is 11.1. The van der Waals surface area contributed by atoms with Crippen LogP contribution in [0.5, 0.6) is 0 Å². The van der Waals surface area contributed by atoms with Crippen LogP contribution in [0.15, 0.2) is 48.8 Å². The van der Waals surface area contributed by atoms with E-state index in [9.17, 15) is 4.79 Å². The average molecular weight is 415 g/mol. The zero-order valence-electron chi connectivity index (χ0n) is 18.9. The molecule has 4 heteroatoms. The van der Waals surface area contributed by atoms with Gasteiger partial charge in [0.25, 0.3) is 0 Å². The third-order valence-electron chi connectivity index (χ3n) is 6.57. The first-order valence-electron chi connectivity index (χ1n) is 10.8. The second-order valence-corrected chi connectivity index (χ2v) is 9.95. The van der Waals surface area contributed by atoms with Crippen molar-refractivity contribution in [3.63, 3.8) is 0 Å². The van der Waals surface area contributed by atoms with Gasteiger partial charge in [-0.05, 0) is 77.1 Å². The summed E-state index contributed by atoms with van der Waals surface area (Å²) in [5.74, 6) is -0.911. The van der Waals surface area contributed by atoms with E-state index in [1.807, 2.05) is 29.1 Å². The number of aryl methyl sites for hydroxylation is 1. The van der Waals surface area contributed by atoms with Crippen molar-refractivity contribution in [3.05, 3.63) is 82.2 Å². The Hall–Kier alpha value is -3.14. The number of fused-ring (bicyclic) bond motifs is 1. The molecule has 0 fully saturated rings. The Balaban J connectivity index is 1.85. The molecule has 4 nitrogen and oxygen atoms in total. The van der Waals surface area contributed by atoms with Crippen molar-refractivity contribution in [1.82, 2.24) is 9.78 Å². The lowest BCUT2D eigenvalue weighted by Gasteiger charge is -2.42. The molecule has 1 N–H and O–H groups in total. The van der Waals surface area contributed by atoms with Crippen molar-refractivity contribution < 1.29 is 9.90 Å². The number of benzene rings is 2. The van der Waals surface area contributed by atoms with Crippen LogP contribution in [0.25, 0.3) is 17.8 Å². The summed E-state index contributed by atoms with van der Waals surface area (Å²) in [6.45, 7) is 11.4. The van der Waals surface area contributed by atoms with E-state index in [-0.39, 0.29) is 10.8 Å². The summed E-state index contributed by atoms with van der Waals surface area (Å²) in [7, 11) is 0. The summed E-state index contributed by atoms with van der Waals surface area (Å²) in [5.41, 5.74) is 7.59. The van der Waals surface area contributed by atoms with Gasteiger partial charge in [0.05, 0.1) is 17.4 Å². The summed E-state index contributed by atoms with van der Waals surface area (Å²) in [5, 5.41) is 13.7. The molecule has 0 amide bonds. The van der Waals surface area contributed by atoms with Gasteiger partial charge in [0.2, 0.25) is 0 Å². The van der Waals surface area contributed by atoms with E-state index < -0.39 is 5.97 Å². The summed E-state index contributed by atoms with van der Waals surface area (Å²) < 4.78 is 1.96. The minimum absolute atomic E-state index is 0.120. The molecule has 4 rings (SSSR count). The molecule has 0 bridgehead atoms. The summed E-state index contributed by atoms with van der Waals surface area (Å²) in [6, 6.07) is 11.6. The van der Waals surface area contributed by atoms with Crippen LogP contribution in [0.3, 0.4) is 0 Å². The molecule has 0 saturated carbocycles. The van der Waals surface area contributed by atoms with Gasteiger partial charge in [-0.25, -0.2) is 9.48 Å². The molecule has 1 heterocycles. The third kappa shape index (κ3) is 4.07. The summed E-state index contributed by atoms with van der Waals surface area (Å²) in [4.78, 5) is 11.1. The van der Waals surface area contributed by atoms with Crippen molar-refractivity contribution in [2.45, 2.75) is 58.3 Å². The lowest BCUT2D eigenvalue weighted by Crippen LogP contribution is -2.34. The predicted octanol–water partition coefficient (Wildman–Crippen LogP) is 6.40. The number of nitrogens with zero attached hydrogens (tertiary/aromatic N) is 2. The third-order valence-corrected chi connectivity index (χ3v) is 6.57. The predicted molar refractivity (Wildman–Crippen MR) is 126 cm³/mol. The largest absolute Gasteiger partial charge is 0.478 e. The van der Waals surface area contributed by atoms with E-state index in [4.69, 9.17) is 5.11 Å².